The van der Waals surface area contributed by atoms with Crippen LogP contribution in [0.4, 0.5) is 5.69 Å². The molecule has 0 amide bonds. The van der Waals surface area contributed by atoms with E-state index in [1.807, 2.05) is 24.8 Å². The Hall–Kier alpha value is -1.15. The van der Waals surface area contributed by atoms with Crippen LogP contribution in [0.3, 0.4) is 0 Å². The number of nitrogens with zero attached hydrogens (tertiary/aromatic N) is 4. The van der Waals surface area contributed by atoms with Gasteiger partial charge in [0.05, 0.1) is 6.20 Å². The summed E-state index contributed by atoms with van der Waals surface area (Å²) in [5.41, 5.74) is 2.31. The zero-order valence-corrected chi connectivity index (χ0v) is 12.9. The minimum atomic E-state index is 0.935. The fourth-order valence-corrected chi connectivity index (χ4v) is 3.24. The van der Waals surface area contributed by atoms with Gasteiger partial charge >= 0.3 is 0 Å². The van der Waals surface area contributed by atoms with E-state index in [2.05, 4.69) is 61.8 Å². The summed E-state index contributed by atoms with van der Waals surface area (Å²) in [4.78, 5) is 7.44. The molecule has 0 aliphatic heterocycles. The molecule has 0 radical (unpaired) electrons. The lowest BCUT2D eigenvalue weighted by Crippen LogP contribution is -2.08. The molecule has 3 aromatic rings. The smallest absolute Gasteiger partial charge is 0.213 e. The lowest BCUT2D eigenvalue weighted by Gasteiger charge is -2.12. The van der Waals surface area contributed by atoms with Crippen molar-refractivity contribution in [3.63, 3.8) is 0 Å². The van der Waals surface area contributed by atoms with E-state index < -0.39 is 0 Å². The lowest BCUT2D eigenvalue weighted by atomic mass is 10.2. The predicted molar refractivity (Wildman–Crippen MR) is 83.3 cm³/mol. The summed E-state index contributed by atoms with van der Waals surface area (Å²) < 4.78 is 2.81. The molecule has 1 aromatic carbocycles. The van der Waals surface area contributed by atoms with Gasteiger partial charge in [-0.2, -0.15) is 5.10 Å². The molecule has 0 unspecified atom stereocenters. The average molecular weight is 370 g/mol. The summed E-state index contributed by atoms with van der Waals surface area (Å²) in [6, 6.07) is 8.36. The molecule has 0 saturated heterocycles. The van der Waals surface area contributed by atoms with Crippen LogP contribution in [0.25, 0.3) is 15.5 Å². The molecule has 2 heterocycles. The predicted octanol–water partition coefficient (Wildman–Crippen LogP) is 3.13. The number of benzene rings is 1. The molecule has 6 heteroatoms. The van der Waals surface area contributed by atoms with Crippen LogP contribution in [0.15, 0.2) is 30.5 Å². The maximum absolute atomic E-state index is 4.55. The van der Waals surface area contributed by atoms with Crippen molar-refractivity contribution in [1.82, 2.24) is 14.6 Å². The SMILES string of the molecule is CN(C)c1cccc(-c2nn3cc(I)nc3s2)c1. The summed E-state index contributed by atoms with van der Waals surface area (Å²) in [7, 11) is 4.08. The van der Waals surface area contributed by atoms with Crippen LogP contribution in [-0.4, -0.2) is 28.7 Å². The van der Waals surface area contributed by atoms with E-state index in [-0.39, 0.29) is 0 Å². The summed E-state index contributed by atoms with van der Waals surface area (Å²) in [5.74, 6) is 0. The molecule has 3 rings (SSSR count). The van der Waals surface area contributed by atoms with Gasteiger partial charge in [-0.3, -0.25) is 0 Å². The highest BCUT2D eigenvalue weighted by Gasteiger charge is 2.09. The minimum Gasteiger partial charge on any atom is -0.378 e. The van der Waals surface area contributed by atoms with E-state index in [4.69, 9.17) is 0 Å². The molecule has 0 bridgehead atoms. The van der Waals surface area contributed by atoms with E-state index in [1.54, 1.807) is 11.3 Å². The summed E-state index contributed by atoms with van der Waals surface area (Å²) in [6.45, 7) is 0. The van der Waals surface area contributed by atoms with E-state index in [1.165, 1.54) is 5.69 Å². The van der Waals surface area contributed by atoms with Gasteiger partial charge in [-0.1, -0.05) is 23.5 Å². The Morgan fingerprint density at radius 2 is 2.17 bits per heavy atom. The number of rotatable bonds is 2. The molecule has 0 saturated carbocycles. The number of hydrogen-bond acceptors (Lipinski definition) is 4. The highest BCUT2D eigenvalue weighted by molar-refractivity contribution is 14.1. The Bertz CT molecular complexity index is 669. The second kappa shape index (κ2) is 4.51. The Morgan fingerprint density at radius 3 is 2.89 bits per heavy atom. The number of aromatic nitrogens is 3. The molecular weight excluding hydrogens is 359 g/mol. The molecule has 0 aliphatic carbocycles. The molecule has 4 nitrogen and oxygen atoms in total. The Kier molecular flexibility index (Phi) is 2.98. The van der Waals surface area contributed by atoms with Crippen molar-refractivity contribution in [2.24, 2.45) is 0 Å². The third kappa shape index (κ3) is 2.10. The topological polar surface area (TPSA) is 33.4 Å². The molecule has 2 aromatic heterocycles. The maximum Gasteiger partial charge on any atom is 0.213 e. The zero-order valence-electron chi connectivity index (χ0n) is 9.96. The fourth-order valence-electron chi connectivity index (χ4n) is 1.71. The summed E-state index contributed by atoms with van der Waals surface area (Å²) in [5, 5.41) is 5.55. The van der Waals surface area contributed by atoms with Gasteiger partial charge in [0.25, 0.3) is 0 Å². The Labute approximate surface area is 122 Å². The first kappa shape index (κ1) is 11.9. The molecule has 18 heavy (non-hydrogen) atoms. The van der Waals surface area contributed by atoms with Crippen molar-refractivity contribution in [3.05, 3.63) is 34.2 Å². The number of hydrogen-bond donors (Lipinski definition) is 0. The molecule has 0 fully saturated rings. The highest BCUT2D eigenvalue weighted by Crippen LogP contribution is 2.28. The molecule has 0 spiro atoms. The third-order valence-corrected chi connectivity index (χ3v) is 4.11. The Morgan fingerprint density at radius 1 is 1.33 bits per heavy atom. The second-order valence-electron chi connectivity index (χ2n) is 4.14. The van der Waals surface area contributed by atoms with Crippen molar-refractivity contribution >= 4 is 44.6 Å². The van der Waals surface area contributed by atoms with E-state index >= 15 is 0 Å². The first-order valence-electron chi connectivity index (χ1n) is 5.43. The van der Waals surface area contributed by atoms with Gasteiger partial charge in [-0.25, -0.2) is 9.50 Å². The average Bonchev–Trinajstić information content (AvgIpc) is 2.86. The van der Waals surface area contributed by atoms with Crippen LogP contribution in [0.2, 0.25) is 0 Å². The summed E-state index contributed by atoms with van der Waals surface area (Å²) in [6.07, 6.45) is 1.94. The van der Waals surface area contributed by atoms with Crippen LogP contribution < -0.4 is 4.90 Å². The quantitative estimate of drug-likeness (QED) is 0.650. The van der Waals surface area contributed by atoms with E-state index in [0.29, 0.717) is 0 Å². The zero-order chi connectivity index (χ0) is 12.7. The first-order valence-corrected chi connectivity index (χ1v) is 7.32. The van der Waals surface area contributed by atoms with Gasteiger partial charge in [-0.15, -0.1) is 0 Å². The maximum atomic E-state index is 4.55. The van der Waals surface area contributed by atoms with Crippen LogP contribution >= 0.6 is 33.9 Å². The van der Waals surface area contributed by atoms with Gasteiger partial charge in [0.15, 0.2) is 0 Å². The number of halogens is 1. The van der Waals surface area contributed by atoms with Crippen molar-refractivity contribution in [2.75, 3.05) is 19.0 Å². The molecule has 0 atom stereocenters. The van der Waals surface area contributed by atoms with Crippen molar-refractivity contribution in [2.45, 2.75) is 0 Å². The van der Waals surface area contributed by atoms with Gasteiger partial charge in [-0.05, 0) is 34.7 Å². The van der Waals surface area contributed by atoms with Gasteiger partial charge in [0, 0.05) is 25.3 Å². The highest BCUT2D eigenvalue weighted by atomic mass is 127. The van der Waals surface area contributed by atoms with Gasteiger partial charge in [0.2, 0.25) is 4.96 Å². The van der Waals surface area contributed by atoms with Crippen molar-refractivity contribution in [1.29, 1.82) is 0 Å². The number of fused-ring (bicyclic) bond motifs is 1. The fraction of sp³-hybridized carbons (Fsp3) is 0.167. The molecule has 0 N–H and O–H groups in total. The normalized spacial score (nSPS) is 11.1. The van der Waals surface area contributed by atoms with Gasteiger partial charge in [0.1, 0.15) is 8.71 Å². The first-order chi connectivity index (χ1) is 8.63. The Balaban J connectivity index is 2.07. The van der Waals surface area contributed by atoms with Crippen molar-refractivity contribution < 1.29 is 0 Å². The monoisotopic (exact) mass is 370 g/mol. The van der Waals surface area contributed by atoms with E-state index in [9.17, 15) is 0 Å². The van der Waals surface area contributed by atoms with E-state index in [0.717, 1.165) is 19.2 Å². The largest absolute Gasteiger partial charge is 0.378 e. The van der Waals surface area contributed by atoms with Crippen LogP contribution in [0, 0.1) is 3.70 Å². The minimum absolute atomic E-state index is 0.935. The van der Waals surface area contributed by atoms with Crippen LogP contribution in [0.1, 0.15) is 0 Å². The molecule has 92 valence electrons. The van der Waals surface area contributed by atoms with Crippen LogP contribution in [-0.2, 0) is 0 Å². The third-order valence-electron chi connectivity index (χ3n) is 2.62. The molecular formula is C12H11IN4S. The van der Waals surface area contributed by atoms with Crippen LogP contribution in [0.5, 0.6) is 0 Å². The number of imidazole rings is 1. The van der Waals surface area contributed by atoms with Gasteiger partial charge < -0.3 is 4.90 Å². The van der Waals surface area contributed by atoms with Crippen molar-refractivity contribution in [3.8, 4) is 10.6 Å². The standard InChI is InChI=1S/C12H11IN4S/c1-16(2)9-5-3-4-8(6-9)11-15-17-7-10(13)14-12(17)18-11/h3-7H,1-2H3. The lowest BCUT2D eigenvalue weighted by molar-refractivity contribution is 0.976. The number of anilines is 1. The summed E-state index contributed by atoms with van der Waals surface area (Å²) >= 11 is 3.81. The second-order valence-corrected chi connectivity index (χ2v) is 6.20. The molecule has 0 aliphatic rings.